The fourth-order valence-corrected chi connectivity index (χ4v) is 4.69. The summed E-state index contributed by atoms with van der Waals surface area (Å²) < 4.78 is 104. The first-order valence-electron chi connectivity index (χ1n) is 9.50. The number of sulfonamides is 1. The Hall–Kier alpha value is -2.46. The van der Waals surface area contributed by atoms with Crippen LogP contribution < -0.4 is 14.2 Å². The topological polar surface area (TPSA) is 139 Å². The largest absolute Gasteiger partial charge is 0.534 e. The first-order chi connectivity index (χ1) is 15.1. The number of unbranched alkanes of at least 4 members (excludes halogenated alkanes) is 2. The lowest BCUT2D eigenvalue weighted by molar-refractivity contribution is -0.118. The highest BCUT2D eigenvalue weighted by atomic mass is 32.2. The van der Waals surface area contributed by atoms with Gasteiger partial charge in [-0.05, 0) is 37.5 Å². The summed E-state index contributed by atoms with van der Waals surface area (Å²) in [7, 11) is -9.97. The molecular formula is C17H21F4N3O7S2. The number of hydrogen-bond donors (Lipinski definition) is 2. The van der Waals surface area contributed by atoms with E-state index in [0.29, 0.717) is 25.0 Å². The van der Waals surface area contributed by atoms with Gasteiger partial charge in [0.1, 0.15) is 6.54 Å². The van der Waals surface area contributed by atoms with Gasteiger partial charge >= 0.3 is 21.7 Å². The average Bonchev–Trinajstić information content (AvgIpc) is 2.98. The van der Waals surface area contributed by atoms with Crippen LogP contribution in [0.15, 0.2) is 18.2 Å². The van der Waals surface area contributed by atoms with E-state index in [1.165, 1.54) is 11.8 Å². The number of benzene rings is 1. The van der Waals surface area contributed by atoms with Crippen molar-refractivity contribution in [2.24, 2.45) is 0 Å². The number of nitrogens with one attached hydrogen (secondary N) is 2. The van der Waals surface area contributed by atoms with Gasteiger partial charge in [0.25, 0.3) is 0 Å². The number of urea groups is 1. The number of carbonyl (C=O) groups is 2. The third-order valence-corrected chi connectivity index (χ3v) is 7.01. The Kier molecular flexibility index (Phi) is 8.29. The smallest absolute Gasteiger partial charge is 0.373 e. The van der Waals surface area contributed by atoms with E-state index in [9.17, 15) is 44.0 Å². The predicted molar refractivity (Wildman–Crippen MR) is 106 cm³/mol. The first kappa shape index (κ1) is 26.8. The van der Waals surface area contributed by atoms with E-state index in [4.69, 9.17) is 0 Å². The SMILES string of the molecule is C[C@@H](NS(=O)(=O)CCCCCN1CC(=O)NC1=O)c1ccc(F)c(OS(=O)(=O)C(F)(F)F)c1. The second kappa shape index (κ2) is 10.2. The molecule has 1 aliphatic rings. The number of amides is 3. The molecule has 1 fully saturated rings. The minimum atomic E-state index is -6.11. The van der Waals surface area contributed by atoms with E-state index in [2.05, 4.69) is 14.2 Å². The lowest BCUT2D eigenvalue weighted by Crippen LogP contribution is -2.30. The van der Waals surface area contributed by atoms with E-state index in [0.717, 1.165) is 6.07 Å². The fraction of sp³-hybridized carbons (Fsp3) is 0.529. The summed E-state index contributed by atoms with van der Waals surface area (Å²) in [5, 5.41) is 2.12. The van der Waals surface area contributed by atoms with Gasteiger partial charge in [-0.3, -0.25) is 10.1 Å². The van der Waals surface area contributed by atoms with Crippen molar-refractivity contribution in [3.8, 4) is 5.75 Å². The maximum Gasteiger partial charge on any atom is 0.534 e. The number of alkyl halides is 3. The highest BCUT2D eigenvalue weighted by Crippen LogP contribution is 2.30. The lowest BCUT2D eigenvalue weighted by atomic mass is 10.1. The van der Waals surface area contributed by atoms with Crippen molar-refractivity contribution in [2.45, 2.75) is 37.7 Å². The van der Waals surface area contributed by atoms with Crippen molar-refractivity contribution >= 4 is 32.1 Å². The minimum absolute atomic E-state index is 0.0305. The molecule has 3 amide bonds. The molecule has 0 unspecified atom stereocenters. The summed E-state index contributed by atoms with van der Waals surface area (Å²) in [4.78, 5) is 23.8. The second-order valence-electron chi connectivity index (χ2n) is 7.17. The van der Waals surface area contributed by atoms with E-state index in [1.54, 1.807) is 0 Å². The second-order valence-corrected chi connectivity index (χ2v) is 10.6. The monoisotopic (exact) mass is 519 g/mol. The quantitative estimate of drug-likeness (QED) is 0.149. The Morgan fingerprint density at radius 3 is 2.39 bits per heavy atom. The van der Waals surface area contributed by atoms with Crippen LogP contribution >= 0.6 is 0 Å². The van der Waals surface area contributed by atoms with Crippen molar-refractivity contribution in [3.05, 3.63) is 29.6 Å². The molecule has 1 aliphatic heterocycles. The zero-order valence-electron chi connectivity index (χ0n) is 17.2. The van der Waals surface area contributed by atoms with Crippen LogP contribution in [0, 0.1) is 5.82 Å². The molecule has 1 aromatic rings. The highest BCUT2D eigenvalue weighted by Gasteiger charge is 2.49. The Morgan fingerprint density at radius 1 is 1.15 bits per heavy atom. The summed E-state index contributed by atoms with van der Waals surface area (Å²) in [6.07, 6.45) is 1.10. The van der Waals surface area contributed by atoms with E-state index in [1.807, 2.05) is 0 Å². The normalized spacial score (nSPS) is 16.1. The average molecular weight is 519 g/mol. The molecule has 1 atom stereocenters. The molecule has 0 aliphatic carbocycles. The molecule has 0 spiro atoms. The van der Waals surface area contributed by atoms with Gasteiger partial charge in [-0.25, -0.2) is 22.3 Å². The Morgan fingerprint density at radius 2 is 1.82 bits per heavy atom. The lowest BCUT2D eigenvalue weighted by Gasteiger charge is -2.17. The van der Waals surface area contributed by atoms with E-state index in [-0.39, 0.29) is 30.8 Å². The van der Waals surface area contributed by atoms with Crippen LogP contribution in [-0.4, -0.2) is 58.0 Å². The molecule has 186 valence electrons. The van der Waals surface area contributed by atoms with Gasteiger partial charge in [0.15, 0.2) is 11.6 Å². The third-order valence-electron chi connectivity index (χ3n) is 4.50. The van der Waals surface area contributed by atoms with Crippen molar-refractivity contribution < 1.29 is 48.2 Å². The van der Waals surface area contributed by atoms with Crippen LogP contribution in [0.3, 0.4) is 0 Å². The number of carbonyl (C=O) groups excluding carboxylic acids is 2. The molecule has 1 saturated heterocycles. The zero-order valence-corrected chi connectivity index (χ0v) is 18.8. The molecule has 2 rings (SSSR count). The molecule has 1 heterocycles. The molecule has 10 nitrogen and oxygen atoms in total. The Labute approximate surface area is 187 Å². The molecule has 0 radical (unpaired) electrons. The van der Waals surface area contributed by atoms with Crippen LogP contribution in [0.5, 0.6) is 5.75 Å². The molecule has 0 saturated carbocycles. The van der Waals surface area contributed by atoms with Gasteiger partial charge in [0.2, 0.25) is 15.9 Å². The third kappa shape index (κ3) is 7.53. The van der Waals surface area contributed by atoms with Crippen molar-refractivity contribution in [1.29, 1.82) is 0 Å². The molecule has 33 heavy (non-hydrogen) atoms. The summed E-state index contributed by atoms with van der Waals surface area (Å²) in [5.41, 5.74) is -5.80. The zero-order chi connectivity index (χ0) is 25.0. The van der Waals surface area contributed by atoms with Crippen molar-refractivity contribution in [1.82, 2.24) is 14.9 Å². The van der Waals surface area contributed by atoms with Gasteiger partial charge in [-0.1, -0.05) is 12.5 Å². The number of hydrogen-bond acceptors (Lipinski definition) is 7. The molecule has 16 heteroatoms. The molecular weight excluding hydrogens is 498 g/mol. The Bertz CT molecular complexity index is 1110. The molecule has 0 bridgehead atoms. The van der Waals surface area contributed by atoms with Crippen molar-refractivity contribution in [3.63, 3.8) is 0 Å². The molecule has 2 N–H and O–H groups in total. The van der Waals surface area contributed by atoms with Crippen LogP contribution in [-0.2, 0) is 24.9 Å². The van der Waals surface area contributed by atoms with E-state index < -0.39 is 55.2 Å². The van der Waals surface area contributed by atoms with E-state index >= 15 is 0 Å². The number of halogens is 4. The van der Waals surface area contributed by atoms with Gasteiger partial charge in [0, 0.05) is 12.6 Å². The van der Waals surface area contributed by atoms with Gasteiger partial charge in [-0.15, -0.1) is 0 Å². The predicted octanol–water partition coefficient (Wildman–Crippen LogP) is 1.76. The number of nitrogens with zero attached hydrogens (tertiary/aromatic N) is 1. The van der Waals surface area contributed by atoms with Gasteiger partial charge in [-0.2, -0.15) is 21.6 Å². The fourth-order valence-electron chi connectivity index (χ4n) is 2.85. The van der Waals surface area contributed by atoms with Crippen LogP contribution in [0.2, 0.25) is 0 Å². The molecule has 1 aromatic carbocycles. The standard InChI is InChI=1S/C17H21F4N3O7S2/c1-11(12-5-6-13(18)14(9-12)31-33(29,30)17(19,20)21)23-32(27,28)8-4-2-3-7-24-10-15(25)22-16(24)26/h5-6,9,11,23H,2-4,7-8,10H2,1H3,(H,22,25,26)/t11-/m1/s1. The number of imide groups is 1. The summed E-state index contributed by atoms with van der Waals surface area (Å²) in [6, 6.07) is 0.840. The van der Waals surface area contributed by atoms with Gasteiger partial charge in [0.05, 0.1) is 5.75 Å². The molecule has 0 aromatic heterocycles. The summed E-state index contributed by atoms with van der Waals surface area (Å²) >= 11 is 0. The number of rotatable bonds is 11. The minimum Gasteiger partial charge on any atom is -0.373 e. The highest BCUT2D eigenvalue weighted by molar-refractivity contribution is 7.89. The maximum absolute atomic E-state index is 13.7. The van der Waals surface area contributed by atoms with Crippen LogP contribution in [0.25, 0.3) is 0 Å². The van der Waals surface area contributed by atoms with Crippen LogP contribution in [0.1, 0.15) is 37.8 Å². The Balaban J connectivity index is 1.90. The van der Waals surface area contributed by atoms with Gasteiger partial charge < -0.3 is 9.08 Å². The first-order valence-corrected chi connectivity index (χ1v) is 12.6. The summed E-state index contributed by atoms with van der Waals surface area (Å²) in [5.74, 6) is -3.32. The van der Waals surface area contributed by atoms with Crippen molar-refractivity contribution in [2.75, 3.05) is 18.8 Å². The van der Waals surface area contributed by atoms with Crippen LogP contribution in [0.4, 0.5) is 22.4 Å². The summed E-state index contributed by atoms with van der Waals surface area (Å²) in [6.45, 7) is 1.56. The maximum atomic E-state index is 13.7.